The van der Waals surface area contributed by atoms with Gasteiger partial charge in [-0.3, -0.25) is 0 Å². The minimum absolute atomic E-state index is 0.0416. The van der Waals surface area contributed by atoms with Crippen LogP contribution in [0.15, 0.2) is 12.2 Å². The molecular formula is C10H14O. The summed E-state index contributed by atoms with van der Waals surface area (Å²) in [5.74, 6) is 1.54. The van der Waals surface area contributed by atoms with Crippen LogP contribution in [0.1, 0.15) is 25.7 Å². The summed E-state index contributed by atoms with van der Waals surface area (Å²) in [6.07, 6.45) is 9.49. The van der Waals surface area contributed by atoms with E-state index in [-0.39, 0.29) is 6.10 Å². The van der Waals surface area contributed by atoms with Gasteiger partial charge in [0.05, 0.1) is 6.10 Å². The Kier molecular flexibility index (Phi) is 0.972. The highest BCUT2D eigenvalue weighted by atomic mass is 16.3. The van der Waals surface area contributed by atoms with Gasteiger partial charge in [-0.2, -0.15) is 0 Å². The van der Waals surface area contributed by atoms with Gasteiger partial charge in [0.2, 0.25) is 0 Å². The summed E-state index contributed by atoms with van der Waals surface area (Å²) in [4.78, 5) is 0. The lowest BCUT2D eigenvalue weighted by atomic mass is 9.90. The lowest BCUT2D eigenvalue weighted by Crippen LogP contribution is -2.07. The van der Waals surface area contributed by atoms with Gasteiger partial charge in [-0.15, -0.1) is 0 Å². The van der Waals surface area contributed by atoms with Gasteiger partial charge >= 0.3 is 0 Å². The molecule has 0 unspecified atom stereocenters. The van der Waals surface area contributed by atoms with Crippen molar-refractivity contribution in [3.05, 3.63) is 12.2 Å². The number of fused-ring (bicyclic) bond motifs is 1. The fraction of sp³-hybridized carbons (Fsp3) is 0.800. The molecule has 3 aliphatic carbocycles. The third-order valence-electron chi connectivity index (χ3n) is 4.10. The molecule has 0 amide bonds. The van der Waals surface area contributed by atoms with Crippen LogP contribution in [0, 0.1) is 17.3 Å². The minimum atomic E-state index is 0.0416. The van der Waals surface area contributed by atoms with Crippen molar-refractivity contribution in [2.45, 2.75) is 31.8 Å². The number of hydrogen-bond acceptors (Lipinski definition) is 1. The molecule has 0 radical (unpaired) electrons. The first-order chi connectivity index (χ1) is 5.34. The van der Waals surface area contributed by atoms with Gasteiger partial charge < -0.3 is 5.11 Å². The van der Waals surface area contributed by atoms with Crippen molar-refractivity contribution in [3.8, 4) is 0 Å². The van der Waals surface area contributed by atoms with Gasteiger partial charge in [0.15, 0.2) is 0 Å². The molecule has 60 valence electrons. The van der Waals surface area contributed by atoms with Crippen molar-refractivity contribution >= 4 is 0 Å². The van der Waals surface area contributed by atoms with Crippen molar-refractivity contribution in [1.82, 2.24) is 0 Å². The summed E-state index contributed by atoms with van der Waals surface area (Å²) in [7, 11) is 0. The second-order valence-electron chi connectivity index (χ2n) is 4.38. The van der Waals surface area contributed by atoms with Crippen molar-refractivity contribution in [3.63, 3.8) is 0 Å². The molecule has 0 aromatic heterocycles. The largest absolute Gasteiger partial charge is 0.393 e. The molecule has 11 heavy (non-hydrogen) atoms. The number of hydrogen-bond donors (Lipinski definition) is 1. The third kappa shape index (κ3) is 0.572. The predicted molar refractivity (Wildman–Crippen MR) is 43.0 cm³/mol. The number of allylic oxidation sites excluding steroid dienone is 2. The zero-order valence-electron chi connectivity index (χ0n) is 6.66. The molecule has 0 aromatic rings. The Bertz CT molecular complexity index is 221. The van der Waals surface area contributed by atoms with Gasteiger partial charge in [-0.25, -0.2) is 0 Å². The van der Waals surface area contributed by atoms with Crippen LogP contribution in [0.3, 0.4) is 0 Å². The summed E-state index contributed by atoms with van der Waals surface area (Å²) in [6, 6.07) is 0. The first-order valence-electron chi connectivity index (χ1n) is 4.68. The van der Waals surface area contributed by atoms with Crippen LogP contribution in [-0.2, 0) is 0 Å². The molecule has 3 rings (SSSR count). The van der Waals surface area contributed by atoms with Gasteiger partial charge in [0, 0.05) is 0 Å². The molecule has 2 fully saturated rings. The highest BCUT2D eigenvalue weighted by Crippen LogP contribution is 2.72. The highest BCUT2D eigenvalue weighted by molar-refractivity contribution is 5.23. The smallest absolute Gasteiger partial charge is 0.0577 e. The average Bonchev–Trinajstić information content (AvgIpc) is 2.60. The molecule has 0 aliphatic heterocycles. The summed E-state index contributed by atoms with van der Waals surface area (Å²) in [5.41, 5.74) is 0.591. The zero-order chi connectivity index (χ0) is 7.47. The molecule has 0 aromatic carbocycles. The molecule has 1 nitrogen and oxygen atoms in total. The molecule has 1 spiro atoms. The zero-order valence-corrected chi connectivity index (χ0v) is 6.66. The normalized spacial score (nSPS) is 58.8. The van der Waals surface area contributed by atoms with Crippen LogP contribution in [0.25, 0.3) is 0 Å². The first-order valence-corrected chi connectivity index (χ1v) is 4.68. The Balaban J connectivity index is 1.92. The molecular weight excluding hydrogens is 136 g/mol. The van der Waals surface area contributed by atoms with Crippen LogP contribution in [0.2, 0.25) is 0 Å². The second kappa shape index (κ2) is 1.71. The Hall–Kier alpha value is -0.300. The monoisotopic (exact) mass is 150 g/mol. The maximum Gasteiger partial charge on any atom is 0.0577 e. The summed E-state index contributed by atoms with van der Waals surface area (Å²) < 4.78 is 0. The van der Waals surface area contributed by atoms with E-state index in [0.29, 0.717) is 11.3 Å². The number of aliphatic hydroxyl groups excluding tert-OH is 1. The second-order valence-corrected chi connectivity index (χ2v) is 4.38. The van der Waals surface area contributed by atoms with Gasteiger partial charge in [0.1, 0.15) is 0 Å². The fourth-order valence-corrected chi connectivity index (χ4v) is 3.53. The van der Waals surface area contributed by atoms with Crippen molar-refractivity contribution < 1.29 is 5.11 Å². The maximum absolute atomic E-state index is 9.64. The van der Waals surface area contributed by atoms with Crippen LogP contribution in [0.4, 0.5) is 0 Å². The van der Waals surface area contributed by atoms with Crippen molar-refractivity contribution in [2.24, 2.45) is 17.3 Å². The summed E-state index contributed by atoms with van der Waals surface area (Å²) in [6.45, 7) is 0. The van der Waals surface area contributed by atoms with E-state index in [2.05, 4.69) is 12.2 Å². The summed E-state index contributed by atoms with van der Waals surface area (Å²) >= 11 is 0. The molecule has 4 atom stereocenters. The molecule has 0 saturated heterocycles. The Morgan fingerprint density at radius 1 is 1.36 bits per heavy atom. The lowest BCUT2D eigenvalue weighted by molar-refractivity contribution is 0.150. The lowest BCUT2D eigenvalue weighted by Gasteiger charge is -2.15. The van der Waals surface area contributed by atoms with E-state index in [1.54, 1.807) is 0 Å². The number of rotatable bonds is 0. The maximum atomic E-state index is 9.64. The quantitative estimate of drug-likeness (QED) is 0.521. The van der Waals surface area contributed by atoms with E-state index in [1.807, 2.05) is 0 Å². The standard InChI is InChI=1S/C10H14O/c11-8-4-6-10-5-2-1-3-7(10)9(8)10/h1-2,7-9,11H,3-6H2/t7-,8-,9+,10+/m1/s1. The topological polar surface area (TPSA) is 20.2 Å². The van der Waals surface area contributed by atoms with E-state index in [4.69, 9.17) is 0 Å². The van der Waals surface area contributed by atoms with E-state index in [1.165, 1.54) is 19.3 Å². The average molecular weight is 150 g/mol. The van der Waals surface area contributed by atoms with E-state index in [9.17, 15) is 5.11 Å². The Morgan fingerprint density at radius 3 is 3.09 bits per heavy atom. The molecule has 1 N–H and O–H groups in total. The van der Waals surface area contributed by atoms with Crippen molar-refractivity contribution in [1.29, 1.82) is 0 Å². The van der Waals surface area contributed by atoms with Gasteiger partial charge in [-0.1, -0.05) is 12.2 Å². The third-order valence-corrected chi connectivity index (χ3v) is 4.10. The van der Waals surface area contributed by atoms with E-state index >= 15 is 0 Å². The summed E-state index contributed by atoms with van der Waals surface area (Å²) in [5, 5.41) is 9.64. The molecule has 2 saturated carbocycles. The molecule has 0 heterocycles. The number of aliphatic hydroxyl groups is 1. The molecule has 1 heteroatoms. The van der Waals surface area contributed by atoms with Crippen LogP contribution in [-0.4, -0.2) is 11.2 Å². The molecule has 0 bridgehead atoms. The molecule has 3 aliphatic rings. The van der Waals surface area contributed by atoms with Gasteiger partial charge in [-0.05, 0) is 42.9 Å². The fourth-order valence-electron chi connectivity index (χ4n) is 3.53. The van der Waals surface area contributed by atoms with Crippen LogP contribution < -0.4 is 0 Å². The SMILES string of the molecule is O[C@@H]1CC[C@@]23CC=CC[C@@H]2[C@@H]13. The highest BCUT2D eigenvalue weighted by Gasteiger charge is 2.68. The Morgan fingerprint density at radius 2 is 2.27 bits per heavy atom. The predicted octanol–water partition coefficient (Wildman–Crippen LogP) is 1.72. The van der Waals surface area contributed by atoms with Gasteiger partial charge in [0.25, 0.3) is 0 Å². The van der Waals surface area contributed by atoms with Crippen LogP contribution >= 0.6 is 0 Å². The van der Waals surface area contributed by atoms with Crippen LogP contribution in [0.5, 0.6) is 0 Å². The van der Waals surface area contributed by atoms with E-state index < -0.39 is 0 Å². The van der Waals surface area contributed by atoms with E-state index in [0.717, 1.165) is 12.3 Å². The first kappa shape index (κ1) is 6.24. The Labute approximate surface area is 67.1 Å². The minimum Gasteiger partial charge on any atom is -0.393 e. The van der Waals surface area contributed by atoms with Crippen molar-refractivity contribution in [2.75, 3.05) is 0 Å².